The third-order valence-corrected chi connectivity index (χ3v) is 4.54. The molecule has 1 aliphatic rings. The number of aryl methyl sites for hydroxylation is 1. The minimum absolute atomic E-state index is 0. The normalized spacial score (nSPS) is 17.1. The fraction of sp³-hybridized carbons (Fsp3) is 0.462. The van der Waals surface area contributed by atoms with Gasteiger partial charge in [-0.2, -0.15) is 0 Å². The van der Waals surface area contributed by atoms with E-state index in [9.17, 15) is 4.79 Å². The Bertz CT molecular complexity index is 445. The number of hydrogen-bond acceptors (Lipinski definition) is 2. The molecule has 0 aromatic heterocycles. The van der Waals surface area contributed by atoms with Crippen LogP contribution in [0.15, 0.2) is 18.2 Å². The van der Waals surface area contributed by atoms with Gasteiger partial charge in [-0.05, 0) is 60.1 Å². The molecule has 0 aliphatic heterocycles. The first-order valence-corrected chi connectivity index (χ1v) is 6.96. The van der Waals surface area contributed by atoms with Crippen molar-refractivity contribution in [3.05, 3.63) is 27.3 Å². The molecule has 0 bridgehead atoms. The lowest BCUT2D eigenvalue weighted by atomic mass is 9.98. The van der Waals surface area contributed by atoms with Crippen LogP contribution >= 0.6 is 35.0 Å². The maximum Gasteiger partial charge on any atom is 0.244 e. The lowest BCUT2D eigenvalue weighted by molar-refractivity contribution is -0.121. The van der Waals surface area contributed by atoms with Crippen molar-refractivity contribution in [2.45, 2.75) is 38.1 Å². The summed E-state index contributed by atoms with van der Waals surface area (Å²) in [6, 6.07) is 5.91. The van der Waals surface area contributed by atoms with Crippen molar-refractivity contribution < 1.29 is 4.79 Å². The first-order valence-electron chi connectivity index (χ1n) is 5.88. The van der Waals surface area contributed by atoms with Crippen molar-refractivity contribution in [3.8, 4) is 0 Å². The number of amides is 1. The van der Waals surface area contributed by atoms with Gasteiger partial charge in [0, 0.05) is 9.26 Å². The third kappa shape index (κ3) is 3.36. The van der Waals surface area contributed by atoms with E-state index < -0.39 is 5.54 Å². The standard InChI is InChI=1S/C13H17IN2O.ClH/c1-9-4-5-10(8-11(9)14)16-12(17)13(15)6-2-3-7-13;/h4-5,8H,2-3,6-7,15H2,1H3,(H,16,17);1H. The van der Waals surface area contributed by atoms with E-state index in [1.807, 2.05) is 18.2 Å². The summed E-state index contributed by atoms with van der Waals surface area (Å²) in [6.45, 7) is 2.05. The number of nitrogens with one attached hydrogen (secondary N) is 1. The zero-order valence-corrected chi connectivity index (χ0v) is 13.3. The quantitative estimate of drug-likeness (QED) is 0.774. The second-order valence-corrected chi connectivity index (χ2v) is 5.94. The molecule has 2 rings (SSSR count). The number of carbonyl (C=O) groups excluding carboxylic acids is 1. The van der Waals surface area contributed by atoms with E-state index in [1.165, 1.54) is 5.56 Å². The Morgan fingerprint density at radius 1 is 1.39 bits per heavy atom. The minimum atomic E-state index is -0.656. The van der Waals surface area contributed by atoms with Crippen molar-refractivity contribution in [2.75, 3.05) is 5.32 Å². The van der Waals surface area contributed by atoms with Gasteiger partial charge in [-0.25, -0.2) is 0 Å². The molecule has 0 spiro atoms. The van der Waals surface area contributed by atoms with Crippen LogP contribution in [-0.4, -0.2) is 11.4 Å². The second kappa shape index (κ2) is 6.21. The van der Waals surface area contributed by atoms with E-state index in [0.717, 1.165) is 34.9 Å². The topological polar surface area (TPSA) is 55.1 Å². The van der Waals surface area contributed by atoms with Crippen molar-refractivity contribution in [3.63, 3.8) is 0 Å². The SMILES string of the molecule is Cc1ccc(NC(=O)C2(N)CCCC2)cc1I.Cl. The molecular formula is C13H18ClIN2O. The summed E-state index contributed by atoms with van der Waals surface area (Å²) in [5.74, 6) is -0.0466. The van der Waals surface area contributed by atoms with Gasteiger partial charge in [0.2, 0.25) is 5.91 Å². The Labute approximate surface area is 127 Å². The van der Waals surface area contributed by atoms with E-state index >= 15 is 0 Å². The van der Waals surface area contributed by atoms with E-state index in [1.54, 1.807) is 0 Å². The maximum absolute atomic E-state index is 12.1. The number of nitrogens with two attached hydrogens (primary N) is 1. The molecule has 1 aromatic carbocycles. The van der Waals surface area contributed by atoms with Gasteiger partial charge in [-0.1, -0.05) is 18.9 Å². The molecule has 100 valence electrons. The number of carbonyl (C=O) groups is 1. The summed E-state index contributed by atoms with van der Waals surface area (Å²) in [7, 11) is 0. The molecule has 18 heavy (non-hydrogen) atoms. The van der Waals surface area contributed by atoms with Crippen LogP contribution in [0.5, 0.6) is 0 Å². The molecule has 5 heteroatoms. The second-order valence-electron chi connectivity index (χ2n) is 4.78. The summed E-state index contributed by atoms with van der Waals surface area (Å²) in [4.78, 5) is 12.1. The highest BCUT2D eigenvalue weighted by molar-refractivity contribution is 14.1. The highest BCUT2D eigenvalue weighted by Gasteiger charge is 2.36. The third-order valence-electron chi connectivity index (χ3n) is 3.38. The first-order chi connectivity index (χ1) is 8.01. The van der Waals surface area contributed by atoms with Crippen LogP contribution in [0, 0.1) is 10.5 Å². The van der Waals surface area contributed by atoms with Crippen LogP contribution in [0.1, 0.15) is 31.2 Å². The van der Waals surface area contributed by atoms with Gasteiger partial charge >= 0.3 is 0 Å². The highest BCUT2D eigenvalue weighted by Crippen LogP contribution is 2.28. The predicted molar refractivity (Wildman–Crippen MR) is 85.2 cm³/mol. The number of halogens is 2. The summed E-state index contributed by atoms with van der Waals surface area (Å²) >= 11 is 2.27. The van der Waals surface area contributed by atoms with Crippen LogP contribution < -0.4 is 11.1 Å². The molecule has 1 aromatic rings. The number of anilines is 1. The Balaban J connectivity index is 0.00000162. The Hall–Kier alpha value is -0.330. The molecule has 0 heterocycles. The Morgan fingerprint density at radius 2 is 2.00 bits per heavy atom. The fourth-order valence-corrected chi connectivity index (χ4v) is 2.67. The molecule has 0 unspecified atom stereocenters. The molecule has 1 amide bonds. The number of rotatable bonds is 2. The van der Waals surface area contributed by atoms with Gasteiger partial charge in [-0.3, -0.25) is 4.79 Å². The van der Waals surface area contributed by atoms with Gasteiger partial charge in [0.05, 0.1) is 5.54 Å². The summed E-state index contributed by atoms with van der Waals surface area (Å²) in [5, 5.41) is 2.92. The zero-order chi connectivity index (χ0) is 12.5. The highest BCUT2D eigenvalue weighted by atomic mass is 127. The average molecular weight is 381 g/mol. The molecule has 3 nitrogen and oxygen atoms in total. The van der Waals surface area contributed by atoms with Crippen LogP contribution in [0.3, 0.4) is 0 Å². The Morgan fingerprint density at radius 3 is 2.56 bits per heavy atom. The van der Waals surface area contributed by atoms with Crippen molar-refractivity contribution in [1.29, 1.82) is 0 Å². The summed E-state index contributed by atoms with van der Waals surface area (Å²) < 4.78 is 1.15. The smallest absolute Gasteiger partial charge is 0.244 e. The lowest BCUT2D eigenvalue weighted by Crippen LogP contribution is -2.48. The van der Waals surface area contributed by atoms with Crippen LogP contribution in [-0.2, 0) is 4.79 Å². The predicted octanol–water partition coefficient (Wildman–Crippen LogP) is 3.23. The van der Waals surface area contributed by atoms with Crippen molar-refractivity contribution >= 4 is 46.6 Å². The maximum atomic E-state index is 12.1. The van der Waals surface area contributed by atoms with E-state index in [2.05, 4.69) is 34.8 Å². The first kappa shape index (κ1) is 15.7. The Kier molecular flexibility index (Phi) is 5.43. The molecule has 1 aliphatic carbocycles. The molecule has 3 N–H and O–H groups in total. The van der Waals surface area contributed by atoms with Gasteiger partial charge in [0.25, 0.3) is 0 Å². The molecule has 0 radical (unpaired) electrons. The van der Waals surface area contributed by atoms with Gasteiger partial charge in [-0.15, -0.1) is 12.4 Å². The average Bonchev–Trinajstić information content (AvgIpc) is 2.72. The van der Waals surface area contributed by atoms with Crippen LogP contribution in [0.25, 0.3) is 0 Å². The van der Waals surface area contributed by atoms with Crippen LogP contribution in [0.2, 0.25) is 0 Å². The summed E-state index contributed by atoms with van der Waals surface area (Å²) in [6.07, 6.45) is 3.69. The monoisotopic (exact) mass is 380 g/mol. The zero-order valence-electron chi connectivity index (χ0n) is 10.3. The molecule has 1 fully saturated rings. The minimum Gasteiger partial charge on any atom is -0.324 e. The molecule has 1 saturated carbocycles. The molecule has 0 atom stereocenters. The molecule has 0 saturated heterocycles. The van der Waals surface area contributed by atoms with E-state index in [0.29, 0.717) is 0 Å². The van der Waals surface area contributed by atoms with Gasteiger partial charge < -0.3 is 11.1 Å². The molecular weight excluding hydrogens is 363 g/mol. The van der Waals surface area contributed by atoms with Crippen molar-refractivity contribution in [1.82, 2.24) is 0 Å². The van der Waals surface area contributed by atoms with Gasteiger partial charge in [0.15, 0.2) is 0 Å². The van der Waals surface area contributed by atoms with Crippen LogP contribution in [0.4, 0.5) is 5.69 Å². The van der Waals surface area contributed by atoms with E-state index in [-0.39, 0.29) is 18.3 Å². The van der Waals surface area contributed by atoms with Gasteiger partial charge in [0.1, 0.15) is 0 Å². The lowest BCUT2D eigenvalue weighted by Gasteiger charge is -2.22. The fourth-order valence-electron chi connectivity index (χ4n) is 2.16. The largest absolute Gasteiger partial charge is 0.324 e. The van der Waals surface area contributed by atoms with Crippen molar-refractivity contribution in [2.24, 2.45) is 5.73 Å². The number of benzene rings is 1. The summed E-state index contributed by atoms with van der Waals surface area (Å²) in [5.41, 5.74) is 7.50. The number of hydrogen-bond donors (Lipinski definition) is 2. The van der Waals surface area contributed by atoms with E-state index in [4.69, 9.17) is 5.73 Å².